The zero-order valence-electron chi connectivity index (χ0n) is 12.6. The Bertz CT molecular complexity index is 605. The first-order valence-electron chi connectivity index (χ1n) is 7.31. The van der Waals surface area contributed by atoms with Crippen LogP contribution in [0.5, 0.6) is 0 Å². The van der Waals surface area contributed by atoms with Gasteiger partial charge in [0.25, 0.3) is 0 Å². The summed E-state index contributed by atoms with van der Waals surface area (Å²) < 4.78 is 0. The molecule has 0 aromatic heterocycles. The molecule has 2 aromatic carbocycles. The van der Waals surface area contributed by atoms with Crippen molar-refractivity contribution in [1.29, 1.82) is 0 Å². The highest BCUT2D eigenvalue weighted by Crippen LogP contribution is 2.23. The van der Waals surface area contributed by atoms with Crippen LogP contribution in [0.15, 0.2) is 48.5 Å². The molecule has 3 N–H and O–H groups in total. The maximum Gasteiger partial charge on any atom is 0.221 e. The summed E-state index contributed by atoms with van der Waals surface area (Å²) >= 11 is 0. The first-order valence-corrected chi connectivity index (χ1v) is 7.31. The summed E-state index contributed by atoms with van der Waals surface area (Å²) in [5, 5.41) is 3.46. The summed E-state index contributed by atoms with van der Waals surface area (Å²) in [6.45, 7) is 4.26. The second-order valence-corrected chi connectivity index (χ2v) is 5.26. The van der Waals surface area contributed by atoms with Gasteiger partial charge in [-0.2, -0.15) is 0 Å². The van der Waals surface area contributed by atoms with Crippen molar-refractivity contribution < 1.29 is 4.79 Å². The summed E-state index contributed by atoms with van der Waals surface area (Å²) in [7, 11) is 0. The van der Waals surface area contributed by atoms with Gasteiger partial charge in [-0.15, -0.1) is 0 Å². The molecule has 110 valence electrons. The molecule has 3 nitrogen and oxygen atoms in total. The van der Waals surface area contributed by atoms with E-state index in [1.165, 1.54) is 11.1 Å². The first kappa shape index (κ1) is 15.1. The highest BCUT2D eigenvalue weighted by Gasteiger charge is 2.09. The number of amides is 1. The Hall–Kier alpha value is -2.29. The maximum atomic E-state index is 11.1. The molecule has 0 saturated heterocycles. The fourth-order valence-corrected chi connectivity index (χ4v) is 2.36. The first-order chi connectivity index (χ1) is 10.1. The number of nitrogens with one attached hydrogen (secondary N) is 1. The van der Waals surface area contributed by atoms with Gasteiger partial charge in [-0.3, -0.25) is 4.79 Å². The number of primary amides is 1. The number of benzene rings is 2. The summed E-state index contributed by atoms with van der Waals surface area (Å²) in [5.74, 6) is -0.316. The van der Waals surface area contributed by atoms with E-state index in [-0.39, 0.29) is 18.4 Å². The zero-order valence-corrected chi connectivity index (χ0v) is 12.6. The molecular weight excluding hydrogens is 260 g/mol. The summed E-state index contributed by atoms with van der Waals surface area (Å²) in [6.07, 6.45) is 1.30. The van der Waals surface area contributed by atoms with Crippen molar-refractivity contribution in [3.05, 3.63) is 65.2 Å². The SMILES string of the molecule is CCc1ccc(C(C)Nc2ccccc2CC(N)=O)cc1. The normalized spacial score (nSPS) is 11.9. The second-order valence-electron chi connectivity index (χ2n) is 5.26. The summed E-state index contributed by atoms with van der Waals surface area (Å²) in [4.78, 5) is 11.1. The van der Waals surface area contributed by atoms with Gasteiger partial charge in [-0.05, 0) is 36.1 Å². The van der Waals surface area contributed by atoms with E-state index in [4.69, 9.17) is 5.73 Å². The molecule has 0 aliphatic carbocycles. The van der Waals surface area contributed by atoms with Gasteiger partial charge in [0, 0.05) is 11.7 Å². The molecule has 0 saturated carbocycles. The molecule has 3 heteroatoms. The van der Waals surface area contributed by atoms with Gasteiger partial charge in [0.15, 0.2) is 0 Å². The van der Waals surface area contributed by atoms with Crippen molar-refractivity contribution in [2.75, 3.05) is 5.32 Å². The van der Waals surface area contributed by atoms with E-state index in [0.717, 1.165) is 17.7 Å². The van der Waals surface area contributed by atoms with E-state index >= 15 is 0 Å². The van der Waals surface area contributed by atoms with E-state index < -0.39 is 0 Å². The quantitative estimate of drug-likeness (QED) is 0.852. The Morgan fingerprint density at radius 3 is 2.43 bits per heavy atom. The Labute approximate surface area is 126 Å². The molecule has 1 amide bonds. The van der Waals surface area contributed by atoms with Gasteiger partial charge in [-0.1, -0.05) is 49.4 Å². The highest BCUT2D eigenvalue weighted by molar-refractivity contribution is 5.78. The number of rotatable bonds is 6. The summed E-state index contributed by atoms with van der Waals surface area (Å²) in [6, 6.07) is 16.6. The van der Waals surface area contributed by atoms with Crippen molar-refractivity contribution in [1.82, 2.24) is 0 Å². The van der Waals surface area contributed by atoms with Gasteiger partial charge in [0.05, 0.1) is 6.42 Å². The van der Waals surface area contributed by atoms with Crippen LogP contribution in [0.4, 0.5) is 5.69 Å². The molecule has 1 unspecified atom stereocenters. The van der Waals surface area contributed by atoms with Crippen LogP contribution in [0.3, 0.4) is 0 Å². The molecule has 2 rings (SSSR count). The lowest BCUT2D eigenvalue weighted by Gasteiger charge is -2.18. The van der Waals surface area contributed by atoms with Crippen molar-refractivity contribution >= 4 is 11.6 Å². The molecule has 0 radical (unpaired) electrons. The predicted octanol–water partition coefficient (Wildman–Crippen LogP) is 3.45. The van der Waals surface area contributed by atoms with Gasteiger partial charge in [-0.25, -0.2) is 0 Å². The van der Waals surface area contributed by atoms with E-state index in [9.17, 15) is 4.79 Å². The van der Waals surface area contributed by atoms with E-state index in [1.807, 2.05) is 24.3 Å². The maximum absolute atomic E-state index is 11.1. The lowest BCUT2D eigenvalue weighted by Crippen LogP contribution is -2.16. The molecule has 0 fully saturated rings. The molecule has 0 aliphatic rings. The number of carbonyl (C=O) groups is 1. The van der Waals surface area contributed by atoms with Crippen molar-refractivity contribution in [2.24, 2.45) is 5.73 Å². The van der Waals surface area contributed by atoms with Crippen LogP contribution >= 0.6 is 0 Å². The van der Waals surface area contributed by atoms with Crippen molar-refractivity contribution in [3.63, 3.8) is 0 Å². The largest absolute Gasteiger partial charge is 0.378 e. The molecule has 0 heterocycles. The zero-order chi connectivity index (χ0) is 15.2. The fourth-order valence-electron chi connectivity index (χ4n) is 2.36. The highest BCUT2D eigenvalue weighted by atomic mass is 16.1. The van der Waals surface area contributed by atoms with Crippen molar-refractivity contribution in [3.8, 4) is 0 Å². The molecule has 1 atom stereocenters. The molecule has 0 spiro atoms. The van der Waals surface area contributed by atoms with E-state index in [1.54, 1.807) is 0 Å². The molecule has 21 heavy (non-hydrogen) atoms. The Balaban J connectivity index is 2.14. The van der Waals surface area contributed by atoms with Crippen LogP contribution < -0.4 is 11.1 Å². The minimum atomic E-state index is -0.316. The number of nitrogens with two attached hydrogens (primary N) is 1. The number of carbonyl (C=O) groups excluding carboxylic acids is 1. The third-order valence-corrected chi connectivity index (χ3v) is 3.64. The van der Waals surface area contributed by atoms with Crippen LogP contribution in [0.25, 0.3) is 0 Å². The van der Waals surface area contributed by atoms with Gasteiger partial charge in [0.2, 0.25) is 5.91 Å². The monoisotopic (exact) mass is 282 g/mol. The van der Waals surface area contributed by atoms with Crippen molar-refractivity contribution in [2.45, 2.75) is 32.7 Å². The van der Waals surface area contributed by atoms with Gasteiger partial charge in [0.1, 0.15) is 0 Å². The van der Waals surface area contributed by atoms with Crippen LogP contribution in [0, 0.1) is 0 Å². The number of anilines is 1. The van der Waals surface area contributed by atoms with E-state index in [2.05, 4.69) is 43.4 Å². The second kappa shape index (κ2) is 6.93. The molecular formula is C18H22N2O. The number of hydrogen-bond donors (Lipinski definition) is 2. The summed E-state index contributed by atoms with van der Waals surface area (Å²) in [5.41, 5.74) is 9.75. The third-order valence-electron chi connectivity index (χ3n) is 3.64. The van der Waals surface area contributed by atoms with Crippen LogP contribution in [0.2, 0.25) is 0 Å². The number of hydrogen-bond acceptors (Lipinski definition) is 2. The van der Waals surface area contributed by atoms with Gasteiger partial charge >= 0.3 is 0 Å². The topological polar surface area (TPSA) is 55.1 Å². The average molecular weight is 282 g/mol. The average Bonchev–Trinajstić information content (AvgIpc) is 2.49. The third kappa shape index (κ3) is 4.09. The van der Waals surface area contributed by atoms with Crippen LogP contribution in [-0.4, -0.2) is 5.91 Å². The minimum Gasteiger partial charge on any atom is -0.378 e. The number of para-hydroxylation sites is 1. The standard InChI is InChI=1S/C18H22N2O/c1-3-14-8-10-15(11-9-14)13(2)20-17-7-5-4-6-16(17)12-18(19)21/h4-11,13,20H,3,12H2,1-2H3,(H2,19,21). The fraction of sp³-hybridized carbons (Fsp3) is 0.278. The lowest BCUT2D eigenvalue weighted by molar-refractivity contribution is -0.117. The Kier molecular flexibility index (Phi) is 4.99. The molecule has 0 bridgehead atoms. The van der Waals surface area contributed by atoms with Crippen LogP contribution in [0.1, 0.15) is 36.6 Å². The van der Waals surface area contributed by atoms with Gasteiger partial charge < -0.3 is 11.1 Å². The smallest absolute Gasteiger partial charge is 0.221 e. The Morgan fingerprint density at radius 1 is 1.14 bits per heavy atom. The predicted molar refractivity (Wildman–Crippen MR) is 87.2 cm³/mol. The molecule has 0 aliphatic heterocycles. The molecule has 2 aromatic rings. The lowest BCUT2D eigenvalue weighted by atomic mass is 10.0. The Morgan fingerprint density at radius 2 is 1.81 bits per heavy atom. The van der Waals surface area contributed by atoms with E-state index in [0.29, 0.717) is 0 Å². The van der Waals surface area contributed by atoms with Crippen LogP contribution in [-0.2, 0) is 17.6 Å². The number of aryl methyl sites for hydroxylation is 1. The minimum absolute atomic E-state index is 0.171.